The fourth-order valence-electron chi connectivity index (χ4n) is 4.05. The summed E-state index contributed by atoms with van der Waals surface area (Å²) in [6.07, 6.45) is -0.188. The molecule has 2 fully saturated rings. The van der Waals surface area contributed by atoms with Crippen LogP contribution >= 0.6 is 0 Å². The summed E-state index contributed by atoms with van der Waals surface area (Å²) in [5, 5.41) is 4.81. The number of benzene rings is 2. The van der Waals surface area contributed by atoms with Crippen molar-refractivity contribution < 1.29 is 35.5 Å². The highest BCUT2D eigenvalue weighted by Crippen LogP contribution is 2.37. The Morgan fingerprint density at radius 3 is 2.46 bits per heavy atom. The monoisotopic (exact) mass is 514 g/mol. The highest BCUT2D eigenvalue weighted by Gasteiger charge is 2.34. The molecule has 190 valence electrons. The zero-order chi connectivity index (χ0) is 25.2. The summed E-state index contributed by atoms with van der Waals surface area (Å²) in [4.78, 5) is 12.7. The predicted molar refractivity (Wildman–Crippen MR) is 122 cm³/mol. The highest BCUT2D eigenvalue weighted by molar-refractivity contribution is 7.91. The molecule has 0 aromatic heterocycles. The van der Waals surface area contributed by atoms with Crippen molar-refractivity contribution in [1.29, 1.82) is 0 Å². The van der Waals surface area contributed by atoms with Gasteiger partial charge < -0.3 is 15.4 Å². The van der Waals surface area contributed by atoms with Crippen LogP contribution in [0.5, 0.6) is 0 Å². The van der Waals surface area contributed by atoms with Crippen molar-refractivity contribution in [2.75, 3.05) is 23.0 Å². The minimum absolute atomic E-state index is 0.00161. The molecule has 11 heteroatoms. The molecule has 4 rings (SSSR count). The zero-order valence-electron chi connectivity index (χ0n) is 18.8. The number of ether oxygens (including phenoxy) is 1. The standard InChI is InChI=1S/C24H26F4N2O4S/c25-20-9-6-16(13-19(20)24(26,27)28)29-23(31)30-21-14-17(35(32,33)12-10-15-4-5-15)7-8-18(21)22-3-1-2-11-34-22/h6-9,13-15,22H,1-5,10-12H2,(H2,29,30,31). The van der Waals surface area contributed by atoms with Crippen LogP contribution in [0.3, 0.4) is 0 Å². The molecule has 6 nitrogen and oxygen atoms in total. The first-order valence-electron chi connectivity index (χ1n) is 11.5. The Bertz CT molecular complexity index is 1190. The van der Waals surface area contributed by atoms with Gasteiger partial charge in [0.15, 0.2) is 9.84 Å². The quantitative estimate of drug-likeness (QED) is 0.425. The minimum atomic E-state index is -4.92. The van der Waals surface area contributed by atoms with Crippen molar-refractivity contribution >= 4 is 27.2 Å². The summed E-state index contributed by atoms with van der Waals surface area (Å²) in [7, 11) is -3.59. The average Bonchev–Trinajstić information content (AvgIpc) is 3.63. The summed E-state index contributed by atoms with van der Waals surface area (Å²) < 4.78 is 84.1. The second-order valence-electron chi connectivity index (χ2n) is 8.93. The molecule has 35 heavy (non-hydrogen) atoms. The van der Waals surface area contributed by atoms with E-state index in [0.717, 1.165) is 31.7 Å². The van der Waals surface area contributed by atoms with Gasteiger partial charge in [-0.1, -0.05) is 18.9 Å². The smallest absolute Gasteiger partial charge is 0.373 e. The number of carbonyl (C=O) groups is 1. The lowest BCUT2D eigenvalue weighted by Gasteiger charge is -2.25. The molecule has 0 radical (unpaired) electrons. The fourth-order valence-corrected chi connectivity index (χ4v) is 5.51. The number of sulfone groups is 1. The van der Waals surface area contributed by atoms with Crippen molar-refractivity contribution in [1.82, 2.24) is 0 Å². The molecule has 1 aliphatic carbocycles. The minimum Gasteiger partial charge on any atom is -0.373 e. The van der Waals surface area contributed by atoms with Gasteiger partial charge >= 0.3 is 12.2 Å². The fraction of sp³-hybridized carbons (Fsp3) is 0.458. The SMILES string of the molecule is O=C(Nc1ccc(F)c(C(F)(F)F)c1)Nc1cc(S(=O)(=O)CCC2CC2)ccc1C1CCCCO1. The van der Waals surface area contributed by atoms with Crippen LogP contribution in [-0.4, -0.2) is 26.8 Å². The number of halogens is 4. The number of carbonyl (C=O) groups excluding carboxylic acids is 1. The molecule has 2 aromatic carbocycles. The Kier molecular flexibility index (Phi) is 7.37. The second kappa shape index (κ2) is 10.1. The lowest BCUT2D eigenvalue weighted by atomic mass is 10.00. The molecular weight excluding hydrogens is 488 g/mol. The van der Waals surface area contributed by atoms with E-state index < -0.39 is 33.4 Å². The molecule has 1 saturated carbocycles. The van der Waals surface area contributed by atoms with Crippen molar-refractivity contribution in [3.63, 3.8) is 0 Å². The van der Waals surface area contributed by atoms with E-state index in [1.54, 1.807) is 6.07 Å². The molecule has 2 aliphatic rings. The van der Waals surface area contributed by atoms with Gasteiger partial charge in [-0.2, -0.15) is 13.2 Å². The summed E-state index contributed by atoms with van der Waals surface area (Å²) >= 11 is 0. The largest absolute Gasteiger partial charge is 0.419 e. The molecule has 1 saturated heterocycles. The maximum Gasteiger partial charge on any atom is 0.419 e. The van der Waals surface area contributed by atoms with E-state index in [1.807, 2.05) is 0 Å². The summed E-state index contributed by atoms with van der Waals surface area (Å²) in [6.45, 7) is 0.521. The Balaban J connectivity index is 1.57. The second-order valence-corrected chi connectivity index (χ2v) is 11.0. The van der Waals surface area contributed by atoms with Crippen LogP contribution in [0.4, 0.5) is 33.7 Å². The van der Waals surface area contributed by atoms with Crippen LogP contribution in [-0.2, 0) is 20.8 Å². The van der Waals surface area contributed by atoms with E-state index in [2.05, 4.69) is 10.6 Å². The lowest BCUT2D eigenvalue weighted by molar-refractivity contribution is -0.139. The van der Waals surface area contributed by atoms with Gasteiger partial charge in [0.2, 0.25) is 0 Å². The van der Waals surface area contributed by atoms with Gasteiger partial charge in [0.1, 0.15) is 5.82 Å². The highest BCUT2D eigenvalue weighted by atomic mass is 32.2. The van der Waals surface area contributed by atoms with Gasteiger partial charge in [0, 0.05) is 23.5 Å². The number of nitrogens with one attached hydrogen (secondary N) is 2. The van der Waals surface area contributed by atoms with Gasteiger partial charge in [-0.15, -0.1) is 0 Å². The van der Waals surface area contributed by atoms with Gasteiger partial charge in [-0.05, 0) is 61.9 Å². The van der Waals surface area contributed by atoms with E-state index >= 15 is 0 Å². The van der Waals surface area contributed by atoms with Gasteiger partial charge in [0.25, 0.3) is 0 Å². The van der Waals surface area contributed by atoms with E-state index in [1.165, 1.54) is 12.1 Å². The van der Waals surface area contributed by atoms with Crippen LogP contribution in [0.1, 0.15) is 55.8 Å². The van der Waals surface area contributed by atoms with Crippen molar-refractivity contribution in [3.8, 4) is 0 Å². The first-order chi connectivity index (χ1) is 16.5. The van der Waals surface area contributed by atoms with Crippen molar-refractivity contribution in [3.05, 3.63) is 53.3 Å². The third-order valence-electron chi connectivity index (χ3n) is 6.18. The van der Waals surface area contributed by atoms with Crippen LogP contribution in [0, 0.1) is 11.7 Å². The van der Waals surface area contributed by atoms with E-state index in [0.29, 0.717) is 43.1 Å². The number of urea groups is 1. The van der Waals surface area contributed by atoms with Crippen LogP contribution < -0.4 is 10.6 Å². The van der Waals surface area contributed by atoms with E-state index in [-0.39, 0.29) is 28.1 Å². The van der Waals surface area contributed by atoms with E-state index in [4.69, 9.17) is 4.74 Å². The van der Waals surface area contributed by atoms with Gasteiger partial charge in [-0.25, -0.2) is 17.6 Å². The molecule has 1 atom stereocenters. The predicted octanol–water partition coefficient (Wildman–Crippen LogP) is 6.30. The lowest BCUT2D eigenvalue weighted by Crippen LogP contribution is -2.22. The molecule has 1 aliphatic heterocycles. The molecule has 2 aromatic rings. The Morgan fingerprint density at radius 1 is 1.03 bits per heavy atom. The molecule has 1 unspecified atom stereocenters. The number of hydrogen-bond acceptors (Lipinski definition) is 4. The van der Waals surface area contributed by atoms with Crippen LogP contribution in [0.15, 0.2) is 41.3 Å². The Hall–Kier alpha value is -2.66. The molecule has 1 heterocycles. The normalized spacial score (nSPS) is 18.8. The first kappa shape index (κ1) is 25.4. The molecule has 2 amide bonds. The summed E-state index contributed by atoms with van der Waals surface area (Å²) in [6, 6.07) is 5.69. The van der Waals surface area contributed by atoms with Crippen molar-refractivity contribution in [2.24, 2.45) is 5.92 Å². The number of hydrogen-bond donors (Lipinski definition) is 2. The number of rotatable bonds is 7. The van der Waals surface area contributed by atoms with Gasteiger partial charge in [-0.3, -0.25) is 0 Å². The average molecular weight is 515 g/mol. The van der Waals surface area contributed by atoms with Crippen LogP contribution in [0.2, 0.25) is 0 Å². The molecule has 2 N–H and O–H groups in total. The molecule has 0 bridgehead atoms. The zero-order valence-corrected chi connectivity index (χ0v) is 19.6. The molecule has 0 spiro atoms. The summed E-state index contributed by atoms with van der Waals surface area (Å²) in [5.41, 5.74) is -0.994. The number of alkyl halides is 3. The first-order valence-corrected chi connectivity index (χ1v) is 13.1. The van der Waals surface area contributed by atoms with Crippen molar-refractivity contribution in [2.45, 2.75) is 55.7 Å². The maximum atomic E-state index is 13.6. The Labute approximate surface area is 201 Å². The maximum absolute atomic E-state index is 13.6. The van der Waals surface area contributed by atoms with Gasteiger partial charge in [0.05, 0.1) is 22.3 Å². The number of anilines is 2. The third-order valence-corrected chi connectivity index (χ3v) is 7.93. The number of amides is 2. The summed E-state index contributed by atoms with van der Waals surface area (Å²) in [5.74, 6) is -1.03. The van der Waals surface area contributed by atoms with Crippen LogP contribution in [0.25, 0.3) is 0 Å². The van der Waals surface area contributed by atoms with E-state index in [9.17, 15) is 30.8 Å². The Morgan fingerprint density at radius 2 is 1.80 bits per heavy atom. The molecular formula is C24H26F4N2O4S. The third kappa shape index (κ3) is 6.52. The topological polar surface area (TPSA) is 84.5 Å².